The highest BCUT2D eigenvalue weighted by Gasteiger charge is 2.29. The number of hydrogen-bond donors (Lipinski definition) is 1. The molecule has 5 rings (SSSR count). The van der Waals surface area contributed by atoms with Crippen molar-refractivity contribution in [2.45, 2.75) is 19.0 Å². The van der Waals surface area contributed by atoms with E-state index in [2.05, 4.69) is 95.7 Å². The molecule has 4 heteroatoms. The van der Waals surface area contributed by atoms with Crippen molar-refractivity contribution in [3.8, 4) is 0 Å². The lowest BCUT2D eigenvalue weighted by Gasteiger charge is -2.40. The second-order valence-electron chi connectivity index (χ2n) is 9.94. The standard InChI is InChI=1S/C34H35N3O/c1-26(2)27-18-20-31(21-19-27)33(30-16-10-5-11-17-30)36-22-24-37(25-23-36)34(38)35-32(28-12-6-3-7-13-28)29-14-8-4-9-15-29/h3-21,32-33H,1,22-25H2,2H3,(H,35,38). The van der Waals surface area contributed by atoms with Gasteiger partial charge in [-0.2, -0.15) is 0 Å². The highest BCUT2D eigenvalue weighted by atomic mass is 16.2. The SMILES string of the molecule is C=C(C)c1ccc(C(c2ccccc2)N2CCN(C(=O)NC(c3ccccc3)c3ccccc3)CC2)cc1. The van der Waals surface area contributed by atoms with Crippen LogP contribution in [0.2, 0.25) is 0 Å². The summed E-state index contributed by atoms with van der Waals surface area (Å²) in [6, 6.07) is 39.7. The maximum Gasteiger partial charge on any atom is 0.318 e. The van der Waals surface area contributed by atoms with E-state index in [0.29, 0.717) is 13.1 Å². The summed E-state index contributed by atoms with van der Waals surface area (Å²) in [4.78, 5) is 17.9. The molecule has 1 atom stereocenters. The molecule has 0 radical (unpaired) electrons. The van der Waals surface area contributed by atoms with Crippen LogP contribution in [-0.4, -0.2) is 42.0 Å². The summed E-state index contributed by atoms with van der Waals surface area (Å²) in [5.41, 5.74) is 6.90. The number of carbonyl (C=O) groups is 1. The second-order valence-corrected chi connectivity index (χ2v) is 9.94. The van der Waals surface area contributed by atoms with Crippen LogP contribution in [0.25, 0.3) is 5.57 Å². The number of piperazine rings is 1. The van der Waals surface area contributed by atoms with E-state index in [1.807, 2.05) is 48.2 Å². The molecule has 0 spiro atoms. The fraction of sp³-hybridized carbons (Fsp3) is 0.206. The summed E-state index contributed by atoms with van der Waals surface area (Å²) in [6.45, 7) is 9.07. The molecule has 1 aliphatic rings. The largest absolute Gasteiger partial charge is 0.327 e. The lowest BCUT2D eigenvalue weighted by molar-refractivity contribution is 0.119. The van der Waals surface area contributed by atoms with Crippen LogP contribution >= 0.6 is 0 Å². The summed E-state index contributed by atoms with van der Waals surface area (Å²) >= 11 is 0. The van der Waals surface area contributed by atoms with Gasteiger partial charge in [0.1, 0.15) is 0 Å². The van der Waals surface area contributed by atoms with Gasteiger partial charge >= 0.3 is 6.03 Å². The summed E-state index contributed by atoms with van der Waals surface area (Å²) < 4.78 is 0. The zero-order chi connectivity index (χ0) is 26.3. The van der Waals surface area contributed by atoms with Crippen LogP contribution in [0.15, 0.2) is 122 Å². The zero-order valence-electron chi connectivity index (χ0n) is 22.0. The van der Waals surface area contributed by atoms with Crippen LogP contribution in [0.4, 0.5) is 4.79 Å². The van der Waals surface area contributed by atoms with Crippen LogP contribution in [0, 0.1) is 0 Å². The van der Waals surface area contributed by atoms with Crippen molar-refractivity contribution < 1.29 is 4.79 Å². The third-order valence-electron chi connectivity index (χ3n) is 7.33. The van der Waals surface area contributed by atoms with Gasteiger partial charge in [0.15, 0.2) is 0 Å². The average molecular weight is 502 g/mol. The summed E-state index contributed by atoms with van der Waals surface area (Å²) in [6.07, 6.45) is 0. The zero-order valence-corrected chi connectivity index (χ0v) is 22.0. The molecule has 0 aliphatic carbocycles. The lowest BCUT2D eigenvalue weighted by Crippen LogP contribution is -2.53. The fourth-order valence-electron chi connectivity index (χ4n) is 5.25. The van der Waals surface area contributed by atoms with Gasteiger partial charge in [0.25, 0.3) is 0 Å². The van der Waals surface area contributed by atoms with Crippen molar-refractivity contribution in [2.75, 3.05) is 26.2 Å². The van der Waals surface area contributed by atoms with E-state index >= 15 is 0 Å². The fourth-order valence-corrected chi connectivity index (χ4v) is 5.25. The van der Waals surface area contributed by atoms with Crippen molar-refractivity contribution in [1.82, 2.24) is 15.1 Å². The molecule has 4 aromatic rings. The molecule has 1 N–H and O–H groups in total. The molecule has 0 bridgehead atoms. The third kappa shape index (κ3) is 5.87. The van der Waals surface area contributed by atoms with Gasteiger partial charge in [-0.25, -0.2) is 4.79 Å². The number of carbonyl (C=O) groups excluding carboxylic acids is 1. The van der Waals surface area contributed by atoms with Crippen molar-refractivity contribution in [3.05, 3.63) is 150 Å². The summed E-state index contributed by atoms with van der Waals surface area (Å²) in [7, 11) is 0. The average Bonchev–Trinajstić information content (AvgIpc) is 2.98. The van der Waals surface area contributed by atoms with E-state index in [0.717, 1.165) is 35.4 Å². The van der Waals surface area contributed by atoms with Crippen LogP contribution in [0.5, 0.6) is 0 Å². The minimum Gasteiger partial charge on any atom is -0.327 e. The Kier molecular flexibility index (Phi) is 8.01. The molecular formula is C34H35N3O. The highest BCUT2D eigenvalue weighted by Crippen LogP contribution is 2.31. The van der Waals surface area contributed by atoms with Gasteiger partial charge in [0.2, 0.25) is 0 Å². The Morgan fingerprint density at radius 3 is 1.58 bits per heavy atom. The van der Waals surface area contributed by atoms with Crippen LogP contribution in [0.3, 0.4) is 0 Å². The Bertz CT molecular complexity index is 1290. The Morgan fingerprint density at radius 1 is 0.658 bits per heavy atom. The summed E-state index contributed by atoms with van der Waals surface area (Å²) in [5.74, 6) is 0. The van der Waals surface area contributed by atoms with Gasteiger partial charge in [-0.15, -0.1) is 0 Å². The Balaban J connectivity index is 1.31. The topological polar surface area (TPSA) is 35.6 Å². The molecule has 2 amide bonds. The normalized spacial score (nSPS) is 14.7. The molecule has 192 valence electrons. The van der Waals surface area contributed by atoms with E-state index in [1.54, 1.807) is 0 Å². The smallest absolute Gasteiger partial charge is 0.318 e. The number of rotatable bonds is 7. The van der Waals surface area contributed by atoms with E-state index in [-0.39, 0.29) is 18.1 Å². The van der Waals surface area contributed by atoms with Gasteiger partial charge < -0.3 is 10.2 Å². The van der Waals surface area contributed by atoms with E-state index in [1.165, 1.54) is 11.1 Å². The number of nitrogens with one attached hydrogen (secondary N) is 1. The van der Waals surface area contributed by atoms with Gasteiger partial charge in [0.05, 0.1) is 12.1 Å². The minimum atomic E-state index is -0.188. The minimum absolute atomic E-state index is 0.0237. The Labute approximate surface area is 226 Å². The Hall–Kier alpha value is -4.15. The van der Waals surface area contributed by atoms with E-state index in [9.17, 15) is 4.79 Å². The first-order chi connectivity index (χ1) is 18.6. The van der Waals surface area contributed by atoms with Crippen molar-refractivity contribution in [2.24, 2.45) is 0 Å². The van der Waals surface area contributed by atoms with E-state index in [4.69, 9.17) is 0 Å². The number of amides is 2. The summed E-state index contributed by atoms with van der Waals surface area (Å²) in [5, 5.41) is 3.30. The van der Waals surface area contributed by atoms with Crippen molar-refractivity contribution in [1.29, 1.82) is 0 Å². The maximum absolute atomic E-state index is 13.5. The van der Waals surface area contributed by atoms with Gasteiger partial charge in [-0.05, 0) is 34.7 Å². The van der Waals surface area contributed by atoms with Crippen molar-refractivity contribution >= 4 is 11.6 Å². The van der Waals surface area contributed by atoms with Gasteiger partial charge in [-0.3, -0.25) is 4.90 Å². The molecule has 1 aliphatic heterocycles. The third-order valence-corrected chi connectivity index (χ3v) is 7.33. The molecule has 0 aromatic heterocycles. The van der Waals surface area contributed by atoms with E-state index < -0.39 is 0 Å². The predicted molar refractivity (Wildman–Crippen MR) is 156 cm³/mol. The predicted octanol–water partition coefficient (Wildman–Crippen LogP) is 6.93. The number of urea groups is 1. The molecule has 4 nitrogen and oxygen atoms in total. The maximum atomic E-state index is 13.5. The molecule has 1 heterocycles. The van der Waals surface area contributed by atoms with Gasteiger partial charge in [-0.1, -0.05) is 127 Å². The van der Waals surface area contributed by atoms with Crippen LogP contribution in [0.1, 0.15) is 46.8 Å². The van der Waals surface area contributed by atoms with Crippen molar-refractivity contribution in [3.63, 3.8) is 0 Å². The van der Waals surface area contributed by atoms with Crippen LogP contribution in [-0.2, 0) is 0 Å². The first-order valence-corrected chi connectivity index (χ1v) is 13.3. The quantitative estimate of drug-likeness (QED) is 0.298. The molecule has 38 heavy (non-hydrogen) atoms. The van der Waals surface area contributed by atoms with Crippen LogP contribution < -0.4 is 5.32 Å². The van der Waals surface area contributed by atoms with Gasteiger partial charge in [0, 0.05) is 26.2 Å². The molecular weight excluding hydrogens is 466 g/mol. The number of hydrogen-bond acceptors (Lipinski definition) is 2. The molecule has 4 aromatic carbocycles. The molecule has 1 saturated heterocycles. The molecule has 1 fully saturated rings. The lowest BCUT2D eigenvalue weighted by atomic mass is 9.94. The monoisotopic (exact) mass is 501 g/mol. The number of benzene rings is 4. The Morgan fingerprint density at radius 2 is 1.11 bits per heavy atom. The number of allylic oxidation sites excluding steroid dienone is 1. The molecule has 1 unspecified atom stereocenters. The second kappa shape index (κ2) is 11.9. The first kappa shape index (κ1) is 25.5. The molecule has 0 saturated carbocycles. The first-order valence-electron chi connectivity index (χ1n) is 13.3. The number of nitrogens with zero attached hydrogens (tertiary/aromatic N) is 2. The highest BCUT2D eigenvalue weighted by molar-refractivity contribution is 5.75.